The molecule has 1 heterocycles. The fraction of sp³-hybridized carbons (Fsp3) is 0.368. The Bertz CT molecular complexity index is 609. The summed E-state index contributed by atoms with van der Waals surface area (Å²) in [5.74, 6) is 1.74. The van der Waals surface area contributed by atoms with E-state index >= 15 is 0 Å². The minimum absolute atomic E-state index is 0.107. The Morgan fingerprint density at radius 3 is 2.78 bits per heavy atom. The van der Waals surface area contributed by atoms with Gasteiger partial charge in [0.1, 0.15) is 24.2 Å². The van der Waals surface area contributed by atoms with Gasteiger partial charge in [0.25, 0.3) is 0 Å². The van der Waals surface area contributed by atoms with Crippen LogP contribution in [-0.4, -0.2) is 39.5 Å². The van der Waals surface area contributed by atoms with Crippen LogP contribution in [0.2, 0.25) is 0 Å². The van der Waals surface area contributed by atoms with E-state index in [-0.39, 0.29) is 6.10 Å². The Kier molecular flexibility index (Phi) is 5.51. The lowest BCUT2D eigenvalue weighted by atomic mass is 10.0. The average Bonchev–Trinajstić information content (AvgIpc) is 2.62. The van der Waals surface area contributed by atoms with E-state index in [0.29, 0.717) is 6.61 Å². The van der Waals surface area contributed by atoms with Crippen molar-refractivity contribution in [3.05, 3.63) is 59.7 Å². The maximum atomic E-state index is 6.03. The molecule has 1 atom stereocenters. The van der Waals surface area contributed by atoms with Crippen LogP contribution >= 0.6 is 0 Å². The highest BCUT2D eigenvalue weighted by atomic mass is 16.5. The minimum atomic E-state index is 0.107. The maximum Gasteiger partial charge on any atom is 0.123 e. The van der Waals surface area contributed by atoms with E-state index in [1.807, 2.05) is 24.3 Å². The van der Waals surface area contributed by atoms with E-state index in [9.17, 15) is 0 Å². The highest BCUT2D eigenvalue weighted by Gasteiger charge is 2.15. The third kappa shape index (κ3) is 4.47. The molecule has 4 heteroatoms. The van der Waals surface area contributed by atoms with E-state index in [0.717, 1.165) is 43.2 Å². The number of hydrogen-bond acceptors (Lipinski definition) is 4. The number of ether oxygens (including phenoxy) is 3. The first-order valence-electron chi connectivity index (χ1n) is 8.01. The van der Waals surface area contributed by atoms with Crippen molar-refractivity contribution in [1.82, 2.24) is 5.32 Å². The molecule has 2 aromatic carbocycles. The molecule has 1 aliphatic rings. The molecule has 1 fully saturated rings. The van der Waals surface area contributed by atoms with E-state index in [1.54, 1.807) is 7.11 Å². The monoisotopic (exact) mass is 313 g/mol. The number of nitrogens with one attached hydrogen (secondary N) is 1. The van der Waals surface area contributed by atoms with Crippen LogP contribution in [-0.2, 0) is 11.2 Å². The first-order chi connectivity index (χ1) is 11.3. The van der Waals surface area contributed by atoms with Gasteiger partial charge in [0.15, 0.2) is 0 Å². The molecular weight excluding hydrogens is 290 g/mol. The molecule has 1 saturated heterocycles. The summed E-state index contributed by atoms with van der Waals surface area (Å²) in [4.78, 5) is 0. The van der Waals surface area contributed by atoms with Crippen LogP contribution in [0.4, 0.5) is 0 Å². The molecule has 0 radical (unpaired) electrons. The Morgan fingerprint density at radius 2 is 2.04 bits per heavy atom. The standard InChI is InChI=1S/C19H23NO3/c1-21-17-7-8-19(23-14-18-13-20-9-10-22-18)16(12-17)11-15-5-3-2-4-6-15/h2-8,12,18,20H,9-11,13-14H2,1H3. The summed E-state index contributed by atoms with van der Waals surface area (Å²) < 4.78 is 17.1. The van der Waals surface area contributed by atoms with Crippen LogP contribution in [0, 0.1) is 0 Å². The highest BCUT2D eigenvalue weighted by molar-refractivity contribution is 5.43. The molecule has 0 spiro atoms. The molecule has 1 unspecified atom stereocenters. The summed E-state index contributed by atoms with van der Waals surface area (Å²) in [7, 11) is 1.68. The fourth-order valence-electron chi connectivity index (χ4n) is 2.69. The first-order valence-corrected chi connectivity index (χ1v) is 8.01. The number of benzene rings is 2. The highest BCUT2D eigenvalue weighted by Crippen LogP contribution is 2.27. The van der Waals surface area contributed by atoms with Crippen LogP contribution in [0.1, 0.15) is 11.1 Å². The smallest absolute Gasteiger partial charge is 0.123 e. The summed E-state index contributed by atoms with van der Waals surface area (Å²) >= 11 is 0. The van der Waals surface area contributed by atoms with Crippen molar-refractivity contribution in [1.29, 1.82) is 0 Å². The molecule has 23 heavy (non-hydrogen) atoms. The van der Waals surface area contributed by atoms with E-state index < -0.39 is 0 Å². The van der Waals surface area contributed by atoms with Gasteiger partial charge in [0, 0.05) is 25.1 Å². The third-order valence-corrected chi connectivity index (χ3v) is 3.93. The Labute approximate surface area is 137 Å². The van der Waals surface area contributed by atoms with Crippen LogP contribution in [0.25, 0.3) is 0 Å². The molecule has 0 aromatic heterocycles. The first kappa shape index (κ1) is 15.8. The normalized spacial score (nSPS) is 17.7. The van der Waals surface area contributed by atoms with E-state index in [2.05, 4.69) is 29.6 Å². The van der Waals surface area contributed by atoms with Crippen molar-refractivity contribution in [3.8, 4) is 11.5 Å². The lowest BCUT2D eigenvalue weighted by Gasteiger charge is -2.24. The van der Waals surface area contributed by atoms with Crippen molar-refractivity contribution in [2.24, 2.45) is 0 Å². The quantitative estimate of drug-likeness (QED) is 0.890. The van der Waals surface area contributed by atoms with E-state index in [4.69, 9.17) is 14.2 Å². The molecular formula is C19H23NO3. The minimum Gasteiger partial charge on any atom is -0.497 e. The summed E-state index contributed by atoms with van der Waals surface area (Å²) in [6.07, 6.45) is 0.923. The van der Waals surface area contributed by atoms with Gasteiger partial charge >= 0.3 is 0 Å². The molecule has 4 nitrogen and oxygen atoms in total. The molecule has 2 aromatic rings. The molecule has 0 amide bonds. The second-order valence-electron chi connectivity index (χ2n) is 5.64. The zero-order chi connectivity index (χ0) is 15.9. The predicted octanol–water partition coefficient (Wildman–Crippen LogP) is 2.65. The molecule has 0 aliphatic carbocycles. The summed E-state index contributed by atoms with van der Waals surface area (Å²) in [5, 5.41) is 3.32. The topological polar surface area (TPSA) is 39.7 Å². The van der Waals surface area contributed by atoms with Gasteiger partial charge in [-0.3, -0.25) is 0 Å². The van der Waals surface area contributed by atoms with Gasteiger partial charge in [-0.25, -0.2) is 0 Å². The molecule has 1 N–H and O–H groups in total. The molecule has 0 saturated carbocycles. The zero-order valence-electron chi connectivity index (χ0n) is 13.5. The Balaban J connectivity index is 1.72. The number of rotatable bonds is 6. The summed E-state index contributed by atoms with van der Waals surface area (Å²) in [5.41, 5.74) is 2.38. The van der Waals surface area contributed by atoms with Gasteiger partial charge in [-0.1, -0.05) is 30.3 Å². The van der Waals surface area contributed by atoms with Crippen LogP contribution < -0.4 is 14.8 Å². The molecule has 1 aliphatic heterocycles. The number of hydrogen-bond donors (Lipinski definition) is 1. The lowest BCUT2D eigenvalue weighted by molar-refractivity contribution is 0.0000251. The average molecular weight is 313 g/mol. The van der Waals surface area contributed by atoms with Gasteiger partial charge in [-0.05, 0) is 23.8 Å². The van der Waals surface area contributed by atoms with Crippen molar-refractivity contribution in [2.45, 2.75) is 12.5 Å². The molecule has 122 valence electrons. The van der Waals surface area contributed by atoms with Crippen molar-refractivity contribution in [2.75, 3.05) is 33.4 Å². The zero-order valence-corrected chi connectivity index (χ0v) is 13.5. The van der Waals surface area contributed by atoms with Crippen molar-refractivity contribution < 1.29 is 14.2 Å². The van der Waals surface area contributed by atoms with Gasteiger partial charge in [0.05, 0.1) is 13.7 Å². The maximum absolute atomic E-state index is 6.03. The fourth-order valence-corrected chi connectivity index (χ4v) is 2.69. The Hall–Kier alpha value is -2.04. The third-order valence-electron chi connectivity index (χ3n) is 3.93. The predicted molar refractivity (Wildman–Crippen MR) is 90.3 cm³/mol. The second-order valence-corrected chi connectivity index (χ2v) is 5.64. The summed E-state index contributed by atoms with van der Waals surface area (Å²) in [6, 6.07) is 16.3. The van der Waals surface area contributed by atoms with Gasteiger partial charge in [0.2, 0.25) is 0 Å². The summed E-state index contributed by atoms with van der Waals surface area (Å²) in [6.45, 7) is 3.05. The van der Waals surface area contributed by atoms with Gasteiger partial charge in [-0.2, -0.15) is 0 Å². The number of morpholine rings is 1. The SMILES string of the molecule is COc1ccc(OCC2CNCCO2)c(Cc2ccccc2)c1. The lowest BCUT2D eigenvalue weighted by Crippen LogP contribution is -2.41. The number of methoxy groups -OCH3 is 1. The van der Waals surface area contributed by atoms with Crippen molar-refractivity contribution in [3.63, 3.8) is 0 Å². The van der Waals surface area contributed by atoms with Crippen LogP contribution in [0.5, 0.6) is 11.5 Å². The second kappa shape index (κ2) is 7.99. The Morgan fingerprint density at radius 1 is 1.17 bits per heavy atom. The van der Waals surface area contributed by atoms with Crippen LogP contribution in [0.3, 0.4) is 0 Å². The van der Waals surface area contributed by atoms with E-state index in [1.165, 1.54) is 5.56 Å². The van der Waals surface area contributed by atoms with Gasteiger partial charge < -0.3 is 19.5 Å². The molecule has 3 rings (SSSR count). The van der Waals surface area contributed by atoms with Crippen LogP contribution in [0.15, 0.2) is 48.5 Å². The molecule has 0 bridgehead atoms. The van der Waals surface area contributed by atoms with Crippen molar-refractivity contribution >= 4 is 0 Å². The largest absolute Gasteiger partial charge is 0.497 e. The van der Waals surface area contributed by atoms with Gasteiger partial charge in [-0.15, -0.1) is 0 Å².